The number of amides is 1. The summed E-state index contributed by atoms with van der Waals surface area (Å²) in [5.74, 6) is -0.250. The molecule has 0 unspecified atom stereocenters. The Hall–Kier alpha value is -2.34. The van der Waals surface area contributed by atoms with Gasteiger partial charge in [-0.2, -0.15) is 0 Å². The van der Waals surface area contributed by atoms with Crippen molar-refractivity contribution in [3.05, 3.63) is 42.5 Å². The second-order valence-electron chi connectivity index (χ2n) is 5.55. The number of benzene rings is 1. The summed E-state index contributed by atoms with van der Waals surface area (Å²) < 4.78 is 16.3. The average Bonchev–Trinajstić information content (AvgIpc) is 3.11. The Labute approximate surface area is 141 Å². The van der Waals surface area contributed by atoms with E-state index >= 15 is 0 Å². The summed E-state index contributed by atoms with van der Waals surface area (Å²) in [5, 5.41) is 2.58. The van der Waals surface area contributed by atoms with Gasteiger partial charge in [-0.3, -0.25) is 4.79 Å². The van der Waals surface area contributed by atoms with Gasteiger partial charge in [0.1, 0.15) is 12.4 Å². The van der Waals surface area contributed by atoms with Crippen LogP contribution in [0.2, 0.25) is 0 Å². The van der Waals surface area contributed by atoms with Crippen LogP contribution in [0.5, 0.6) is 5.75 Å². The van der Waals surface area contributed by atoms with Crippen LogP contribution in [0, 0.1) is 0 Å². The summed E-state index contributed by atoms with van der Waals surface area (Å²) in [4.78, 5) is 23.7. The molecule has 0 bridgehead atoms. The maximum absolute atomic E-state index is 12.0. The Morgan fingerprint density at radius 1 is 1.42 bits per heavy atom. The highest BCUT2D eigenvalue weighted by Crippen LogP contribution is 2.17. The minimum absolute atomic E-state index is 0.143. The van der Waals surface area contributed by atoms with Gasteiger partial charge in [-0.15, -0.1) is 6.58 Å². The van der Waals surface area contributed by atoms with Crippen molar-refractivity contribution < 1.29 is 23.8 Å². The Balaban J connectivity index is 1.81. The molecule has 0 radical (unpaired) electrons. The molecule has 1 aromatic carbocycles. The lowest BCUT2D eigenvalue weighted by Crippen LogP contribution is -2.35. The molecule has 6 nitrogen and oxygen atoms in total. The number of esters is 1. The molecule has 2 atom stereocenters. The summed E-state index contributed by atoms with van der Waals surface area (Å²) in [6, 6.07) is 6.63. The van der Waals surface area contributed by atoms with Gasteiger partial charge >= 0.3 is 5.97 Å². The molecule has 1 heterocycles. The normalized spacial score (nSPS) is 17.8. The van der Waals surface area contributed by atoms with Gasteiger partial charge < -0.3 is 19.5 Å². The van der Waals surface area contributed by atoms with Crippen molar-refractivity contribution in [2.24, 2.45) is 0 Å². The molecule has 0 saturated carbocycles. The third kappa shape index (κ3) is 5.38. The second-order valence-corrected chi connectivity index (χ2v) is 5.55. The van der Waals surface area contributed by atoms with Crippen molar-refractivity contribution in [3.8, 4) is 5.75 Å². The number of carbonyl (C=O) groups excluding carboxylic acids is 2. The molecular weight excluding hydrogens is 310 g/mol. The van der Waals surface area contributed by atoms with Crippen LogP contribution < -0.4 is 10.1 Å². The molecule has 130 valence electrons. The van der Waals surface area contributed by atoms with Crippen LogP contribution in [0.25, 0.3) is 0 Å². The van der Waals surface area contributed by atoms with Crippen LogP contribution in [-0.2, 0) is 14.3 Å². The first-order chi connectivity index (χ1) is 11.6. The minimum Gasteiger partial charge on any atom is -0.491 e. The first-order valence-corrected chi connectivity index (χ1v) is 8.04. The predicted octanol–water partition coefficient (Wildman–Crippen LogP) is 2.09. The van der Waals surface area contributed by atoms with E-state index in [1.165, 1.54) is 6.92 Å². The highest BCUT2D eigenvalue weighted by molar-refractivity contribution is 5.92. The Morgan fingerprint density at radius 2 is 2.17 bits per heavy atom. The van der Waals surface area contributed by atoms with Gasteiger partial charge in [-0.05, 0) is 44.0 Å². The van der Waals surface area contributed by atoms with Gasteiger partial charge in [0.15, 0.2) is 6.10 Å². The summed E-state index contributed by atoms with van der Waals surface area (Å²) in [5.41, 5.74) is 0.364. The van der Waals surface area contributed by atoms with E-state index in [-0.39, 0.29) is 12.0 Å². The van der Waals surface area contributed by atoms with Gasteiger partial charge in [-0.25, -0.2) is 4.79 Å². The van der Waals surface area contributed by atoms with Crippen LogP contribution >= 0.6 is 0 Å². The standard InChI is InChI=1S/C18H23NO5/c1-3-10-19-17(20)13(2)24-18(21)14-6-8-15(9-7-14)23-12-16-5-4-11-22-16/h3,6-9,13,16H,1,4-5,10-12H2,2H3,(H,19,20)/t13-,16-/m1/s1. The molecule has 1 amide bonds. The van der Waals surface area contributed by atoms with Crippen molar-refractivity contribution >= 4 is 11.9 Å². The quantitative estimate of drug-likeness (QED) is 0.582. The number of rotatable bonds is 8. The molecule has 0 spiro atoms. The van der Waals surface area contributed by atoms with Crippen molar-refractivity contribution in [2.45, 2.75) is 32.0 Å². The molecule has 1 saturated heterocycles. The molecule has 2 rings (SSSR count). The number of ether oxygens (including phenoxy) is 3. The van der Waals surface area contributed by atoms with E-state index in [1.807, 2.05) is 0 Å². The first kappa shape index (κ1) is 18.0. The van der Waals surface area contributed by atoms with Gasteiger partial charge in [0.25, 0.3) is 5.91 Å². The fraction of sp³-hybridized carbons (Fsp3) is 0.444. The maximum atomic E-state index is 12.0. The second kappa shape index (κ2) is 9.08. The molecule has 1 aliphatic rings. The Morgan fingerprint density at radius 3 is 2.79 bits per heavy atom. The highest BCUT2D eigenvalue weighted by Gasteiger charge is 2.19. The van der Waals surface area contributed by atoms with Gasteiger partial charge in [0.05, 0.1) is 11.7 Å². The van der Waals surface area contributed by atoms with Crippen molar-refractivity contribution in [3.63, 3.8) is 0 Å². The molecule has 1 N–H and O–H groups in total. The van der Waals surface area contributed by atoms with E-state index < -0.39 is 12.1 Å². The van der Waals surface area contributed by atoms with E-state index in [0.717, 1.165) is 19.4 Å². The topological polar surface area (TPSA) is 73.9 Å². The van der Waals surface area contributed by atoms with Crippen molar-refractivity contribution in [2.75, 3.05) is 19.8 Å². The van der Waals surface area contributed by atoms with Crippen LogP contribution in [0.4, 0.5) is 0 Å². The third-order valence-corrected chi connectivity index (χ3v) is 3.62. The van der Waals surface area contributed by atoms with Crippen LogP contribution in [-0.4, -0.2) is 43.8 Å². The first-order valence-electron chi connectivity index (χ1n) is 8.04. The van der Waals surface area contributed by atoms with Gasteiger partial charge in [0.2, 0.25) is 0 Å². The zero-order valence-electron chi connectivity index (χ0n) is 13.8. The van der Waals surface area contributed by atoms with E-state index in [2.05, 4.69) is 11.9 Å². The average molecular weight is 333 g/mol. The molecule has 1 fully saturated rings. The summed E-state index contributed by atoms with van der Waals surface area (Å²) in [7, 11) is 0. The molecule has 6 heteroatoms. The summed E-state index contributed by atoms with van der Waals surface area (Å²) >= 11 is 0. The van der Waals surface area contributed by atoms with Crippen LogP contribution in [0.3, 0.4) is 0 Å². The third-order valence-electron chi connectivity index (χ3n) is 3.62. The molecule has 0 aliphatic carbocycles. The van der Waals surface area contributed by atoms with Crippen molar-refractivity contribution in [1.29, 1.82) is 0 Å². The molecule has 0 aromatic heterocycles. The maximum Gasteiger partial charge on any atom is 0.338 e. The molecule has 1 aliphatic heterocycles. The van der Waals surface area contributed by atoms with Crippen molar-refractivity contribution in [1.82, 2.24) is 5.32 Å². The van der Waals surface area contributed by atoms with Crippen LogP contribution in [0.1, 0.15) is 30.1 Å². The number of nitrogens with one attached hydrogen (secondary N) is 1. The fourth-order valence-electron chi connectivity index (χ4n) is 2.25. The largest absolute Gasteiger partial charge is 0.491 e. The SMILES string of the molecule is C=CCNC(=O)[C@@H](C)OC(=O)c1ccc(OC[C@H]2CCCO2)cc1. The smallest absolute Gasteiger partial charge is 0.338 e. The van der Waals surface area contributed by atoms with Crippen LogP contribution in [0.15, 0.2) is 36.9 Å². The fourth-order valence-corrected chi connectivity index (χ4v) is 2.25. The minimum atomic E-state index is -0.868. The lowest BCUT2D eigenvalue weighted by molar-refractivity contribution is -0.128. The zero-order chi connectivity index (χ0) is 17.4. The van der Waals surface area contributed by atoms with E-state index in [4.69, 9.17) is 14.2 Å². The zero-order valence-corrected chi connectivity index (χ0v) is 13.8. The predicted molar refractivity (Wildman–Crippen MR) is 89.0 cm³/mol. The summed E-state index contributed by atoms with van der Waals surface area (Å²) in [6.45, 7) is 6.65. The monoisotopic (exact) mass is 333 g/mol. The highest BCUT2D eigenvalue weighted by atomic mass is 16.5. The lowest BCUT2D eigenvalue weighted by Gasteiger charge is -2.13. The molecule has 1 aromatic rings. The molecular formula is C18H23NO5. The van der Waals surface area contributed by atoms with E-state index in [9.17, 15) is 9.59 Å². The Bertz CT molecular complexity index is 563. The number of hydrogen-bond acceptors (Lipinski definition) is 5. The van der Waals surface area contributed by atoms with Gasteiger partial charge in [0, 0.05) is 13.2 Å². The molecule has 24 heavy (non-hydrogen) atoms. The lowest BCUT2D eigenvalue weighted by atomic mass is 10.2. The van der Waals surface area contributed by atoms with E-state index in [0.29, 0.717) is 24.5 Å². The van der Waals surface area contributed by atoms with E-state index in [1.54, 1.807) is 30.3 Å². The summed E-state index contributed by atoms with van der Waals surface area (Å²) in [6.07, 6.45) is 2.91. The number of carbonyl (C=O) groups is 2. The Kier molecular flexibility index (Phi) is 6.81. The van der Waals surface area contributed by atoms with Gasteiger partial charge in [-0.1, -0.05) is 6.08 Å². The number of hydrogen-bond donors (Lipinski definition) is 1.